The van der Waals surface area contributed by atoms with Crippen LogP contribution in [0.25, 0.3) is 0 Å². The smallest absolute Gasteiger partial charge is 0.140 e. The first-order valence-corrected chi connectivity index (χ1v) is 5.99. The van der Waals surface area contributed by atoms with Crippen molar-refractivity contribution in [1.82, 2.24) is 0 Å². The lowest BCUT2D eigenvalue weighted by atomic mass is 10.1. The number of ether oxygens (including phenoxy) is 1. The van der Waals surface area contributed by atoms with E-state index in [4.69, 9.17) is 10.00 Å². The molecule has 0 saturated heterocycles. The summed E-state index contributed by atoms with van der Waals surface area (Å²) in [4.78, 5) is 0. The largest absolute Gasteiger partial charge is 0.488 e. The van der Waals surface area contributed by atoms with E-state index < -0.39 is 5.82 Å². The first-order valence-electron chi connectivity index (χ1n) is 5.99. The van der Waals surface area contributed by atoms with Crippen molar-refractivity contribution in [3.63, 3.8) is 0 Å². The number of hydrogen-bond acceptors (Lipinski definition) is 2. The second-order valence-electron chi connectivity index (χ2n) is 4.44. The Morgan fingerprint density at radius 2 is 1.84 bits per heavy atom. The molecule has 0 aromatic heterocycles. The van der Waals surface area contributed by atoms with Gasteiger partial charge in [0.2, 0.25) is 0 Å². The summed E-state index contributed by atoms with van der Waals surface area (Å²) in [5.41, 5.74) is 2.94. The molecule has 0 unspecified atom stereocenters. The zero-order chi connectivity index (χ0) is 13.8. The van der Waals surface area contributed by atoms with Crippen molar-refractivity contribution >= 4 is 0 Å². The van der Waals surface area contributed by atoms with Gasteiger partial charge in [0, 0.05) is 0 Å². The maximum atomic E-state index is 13.2. The lowest BCUT2D eigenvalue weighted by Gasteiger charge is -2.12. The summed E-state index contributed by atoms with van der Waals surface area (Å²) in [5, 5.41) is 8.79. The zero-order valence-corrected chi connectivity index (χ0v) is 10.9. The molecule has 96 valence electrons. The standard InChI is InChI=1S/C16H14FNO/c1-11-4-3-5-12(2)16(11)19-10-13-6-7-15(17)14(8-13)9-18/h3-8H,10H2,1-2H3. The van der Waals surface area contributed by atoms with Crippen LogP contribution in [0.2, 0.25) is 0 Å². The minimum Gasteiger partial charge on any atom is -0.488 e. The van der Waals surface area contributed by atoms with Gasteiger partial charge in [-0.25, -0.2) is 4.39 Å². The fourth-order valence-corrected chi connectivity index (χ4v) is 1.93. The molecule has 3 heteroatoms. The van der Waals surface area contributed by atoms with Crippen LogP contribution in [0.1, 0.15) is 22.3 Å². The van der Waals surface area contributed by atoms with E-state index in [9.17, 15) is 4.39 Å². The minimum atomic E-state index is -0.502. The molecule has 0 N–H and O–H groups in total. The number of hydrogen-bond donors (Lipinski definition) is 0. The molecular weight excluding hydrogens is 241 g/mol. The van der Waals surface area contributed by atoms with Crippen molar-refractivity contribution in [3.8, 4) is 11.8 Å². The molecule has 0 aliphatic heterocycles. The summed E-state index contributed by atoms with van der Waals surface area (Å²) in [7, 11) is 0. The van der Waals surface area contributed by atoms with Crippen molar-refractivity contribution < 1.29 is 9.13 Å². The van der Waals surface area contributed by atoms with Crippen molar-refractivity contribution in [3.05, 3.63) is 64.5 Å². The quantitative estimate of drug-likeness (QED) is 0.833. The first kappa shape index (κ1) is 13.1. The number of nitrogens with zero attached hydrogens (tertiary/aromatic N) is 1. The molecule has 0 bridgehead atoms. The Morgan fingerprint density at radius 3 is 2.47 bits per heavy atom. The molecule has 0 amide bonds. The molecule has 0 fully saturated rings. The highest BCUT2D eigenvalue weighted by atomic mass is 19.1. The average Bonchev–Trinajstić information content (AvgIpc) is 2.40. The summed E-state index contributed by atoms with van der Waals surface area (Å²) < 4.78 is 19.0. The zero-order valence-electron chi connectivity index (χ0n) is 10.9. The lowest BCUT2D eigenvalue weighted by molar-refractivity contribution is 0.302. The van der Waals surface area contributed by atoms with Gasteiger partial charge < -0.3 is 4.74 Å². The van der Waals surface area contributed by atoms with Crippen LogP contribution in [-0.4, -0.2) is 0 Å². The summed E-state index contributed by atoms with van der Waals surface area (Å²) in [6, 6.07) is 12.2. The molecule has 0 saturated carbocycles. The van der Waals surface area contributed by atoms with E-state index in [0.29, 0.717) is 6.61 Å². The Kier molecular flexibility index (Phi) is 3.82. The molecule has 2 nitrogen and oxygen atoms in total. The van der Waals surface area contributed by atoms with E-state index in [2.05, 4.69) is 0 Å². The third-order valence-corrected chi connectivity index (χ3v) is 2.94. The molecule has 0 radical (unpaired) electrons. The number of nitriles is 1. The molecule has 2 rings (SSSR count). The Hall–Kier alpha value is -2.34. The highest BCUT2D eigenvalue weighted by molar-refractivity contribution is 5.40. The number of para-hydroxylation sites is 1. The van der Waals surface area contributed by atoms with Gasteiger partial charge in [0.1, 0.15) is 24.2 Å². The lowest BCUT2D eigenvalue weighted by Crippen LogP contribution is -2.00. The van der Waals surface area contributed by atoms with Crippen molar-refractivity contribution in [2.24, 2.45) is 0 Å². The average molecular weight is 255 g/mol. The number of benzene rings is 2. The van der Waals surface area contributed by atoms with Gasteiger partial charge in [0.15, 0.2) is 0 Å². The van der Waals surface area contributed by atoms with Crippen LogP contribution in [-0.2, 0) is 6.61 Å². The number of halogens is 1. The highest BCUT2D eigenvalue weighted by Gasteiger charge is 2.06. The second kappa shape index (κ2) is 5.53. The van der Waals surface area contributed by atoms with Gasteiger partial charge in [-0.3, -0.25) is 0 Å². The van der Waals surface area contributed by atoms with Crippen LogP contribution in [0, 0.1) is 31.0 Å². The summed E-state index contributed by atoms with van der Waals surface area (Å²) >= 11 is 0. The Morgan fingerprint density at radius 1 is 1.16 bits per heavy atom. The van der Waals surface area contributed by atoms with E-state index in [1.165, 1.54) is 12.1 Å². The first-order chi connectivity index (χ1) is 9.11. The Labute approximate surface area is 112 Å². The number of aryl methyl sites for hydroxylation is 2. The molecule has 0 aliphatic rings. The van der Waals surface area contributed by atoms with Crippen LogP contribution in [0.5, 0.6) is 5.75 Å². The van der Waals surface area contributed by atoms with Crippen molar-refractivity contribution in [1.29, 1.82) is 5.26 Å². The Balaban J connectivity index is 2.17. The molecule has 0 spiro atoms. The second-order valence-corrected chi connectivity index (χ2v) is 4.44. The topological polar surface area (TPSA) is 33.0 Å². The fraction of sp³-hybridized carbons (Fsp3) is 0.188. The van der Waals surface area contributed by atoms with Crippen molar-refractivity contribution in [2.45, 2.75) is 20.5 Å². The number of rotatable bonds is 3. The molecule has 2 aromatic rings. The predicted octanol–water partition coefficient (Wildman–Crippen LogP) is 3.89. The van der Waals surface area contributed by atoms with Crippen LogP contribution in [0.3, 0.4) is 0 Å². The minimum absolute atomic E-state index is 0.0441. The maximum Gasteiger partial charge on any atom is 0.140 e. The van der Waals surface area contributed by atoms with Gasteiger partial charge in [0.25, 0.3) is 0 Å². The van der Waals surface area contributed by atoms with Gasteiger partial charge in [-0.05, 0) is 42.7 Å². The predicted molar refractivity (Wildman–Crippen MR) is 71.4 cm³/mol. The maximum absolute atomic E-state index is 13.2. The van der Waals surface area contributed by atoms with E-state index in [1.54, 1.807) is 6.07 Å². The summed E-state index contributed by atoms with van der Waals surface area (Å²) in [6.07, 6.45) is 0. The third-order valence-electron chi connectivity index (χ3n) is 2.94. The Bertz CT molecular complexity index is 623. The van der Waals surface area contributed by atoms with Crippen LogP contribution >= 0.6 is 0 Å². The van der Waals surface area contributed by atoms with Crippen LogP contribution < -0.4 is 4.74 Å². The third kappa shape index (κ3) is 2.92. The SMILES string of the molecule is Cc1cccc(C)c1OCc1ccc(F)c(C#N)c1. The van der Waals surface area contributed by atoms with E-state index in [0.717, 1.165) is 22.4 Å². The van der Waals surface area contributed by atoms with Gasteiger partial charge in [0.05, 0.1) is 5.56 Å². The molecule has 2 aromatic carbocycles. The van der Waals surface area contributed by atoms with Crippen LogP contribution in [0.15, 0.2) is 36.4 Å². The fourth-order valence-electron chi connectivity index (χ4n) is 1.93. The monoisotopic (exact) mass is 255 g/mol. The summed E-state index contributed by atoms with van der Waals surface area (Å²) in [5.74, 6) is 0.337. The van der Waals surface area contributed by atoms with E-state index >= 15 is 0 Å². The van der Waals surface area contributed by atoms with Gasteiger partial charge in [-0.15, -0.1) is 0 Å². The normalized spacial score (nSPS) is 10.0. The molecule has 0 aliphatic carbocycles. The highest BCUT2D eigenvalue weighted by Crippen LogP contribution is 2.23. The molecular formula is C16H14FNO. The van der Waals surface area contributed by atoms with Crippen LogP contribution in [0.4, 0.5) is 4.39 Å². The van der Waals surface area contributed by atoms with E-state index in [1.807, 2.05) is 38.1 Å². The molecule has 19 heavy (non-hydrogen) atoms. The van der Waals surface area contributed by atoms with Gasteiger partial charge in [-0.1, -0.05) is 24.3 Å². The summed E-state index contributed by atoms with van der Waals surface area (Å²) in [6.45, 7) is 4.28. The van der Waals surface area contributed by atoms with Crippen molar-refractivity contribution in [2.75, 3.05) is 0 Å². The van der Waals surface area contributed by atoms with Gasteiger partial charge in [-0.2, -0.15) is 5.26 Å². The molecule has 0 heterocycles. The van der Waals surface area contributed by atoms with Gasteiger partial charge >= 0.3 is 0 Å². The molecule has 0 atom stereocenters. The van der Waals surface area contributed by atoms with E-state index in [-0.39, 0.29) is 5.56 Å².